The second kappa shape index (κ2) is 4.82. The van der Waals surface area contributed by atoms with Crippen LogP contribution in [0.1, 0.15) is 28.4 Å². The van der Waals surface area contributed by atoms with Gasteiger partial charge in [-0.15, -0.1) is 0 Å². The summed E-state index contributed by atoms with van der Waals surface area (Å²) in [6, 6.07) is 5.32. The monoisotopic (exact) mass is 259 g/mol. The van der Waals surface area contributed by atoms with Crippen LogP contribution in [-0.2, 0) is 4.79 Å². The lowest BCUT2D eigenvalue weighted by Gasteiger charge is -2.27. The lowest BCUT2D eigenvalue weighted by atomic mass is 9.91. The van der Waals surface area contributed by atoms with Gasteiger partial charge in [-0.05, 0) is 23.6 Å². The van der Waals surface area contributed by atoms with Crippen LogP contribution in [0.4, 0.5) is 0 Å². The number of imide groups is 1. The number of hydrogen-bond acceptors (Lipinski definition) is 3. The highest BCUT2D eigenvalue weighted by Gasteiger charge is 2.35. The smallest absolute Gasteiger partial charge is 0.268 e. The molecule has 0 unspecified atom stereocenters. The van der Waals surface area contributed by atoms with Crippen LogP contribution in [0.5, 0.6) is 0 Å². The molecule has 0 aromatic heterocycles. The number of nitrogens with zero attached hydrogens (tertiary/aromatic N) is 1. The maximum Gasteiger partial charge on any atom is 0.271 e. The van der Waals surface area contributed by atoms with Crippen molar-refractivity contribution >= 4 is 35.4 Å². The van der Waals surface area contributed by atoms with Crippen molar-refractivity contribution < 1.29 is 9.59 Å². The highest BCUT2D eigenvalue weighted by atomic mass is 32.2. The fourth-order valence-corrected chi connectivity index (χ4v) is 2.63. The Morgan fingerprint density at radius 2 is 2.06 bits per heavy atom. The average molecular weight is 259 g/mol. The third kappa shape index (κ3) is 1.78. The van der Waals surface area contributed by atoms with E-state index in [1.165, 1.54) is 16.3 Å². The molecule has 18 heavy (non-hydrogen) atoms. The number of carbonyl (C=O) groups is 2. The molecule has 92 valence electrons. The molecule has 0 saturated heterocycles. The second-order valence-corrected chi connectivity index (χ2v) is 4.98. The van der Waals surface area contributed by atoms with Gasteiger partial charge in [-0.2, -0.15) is 0 Å². The molecule has 0 atom stereocenters. The van der Waals surface area contributed by atoms with E-state index in [1.807, 2.05) is 13.0 Å². The van der Waals surface area contributed by atoms with E-state index >= 15 is 0 Å². The third-order valence-electron chi connectivity index (χ3n) is 2.73. The largest absolute Gasteiger partial charge is 0.271 e. The Kier molecular flexibility index (Phi) is 3.39. The van der Waals surface area contributed by atoms with E-state index in [2.05, 4.69) is 13.2 Å². The maximum atomic E-state index is 12.2. The first-order chi connectivity index (χ1) is 8.61. The molecule has 3 nitrogen and oxygen atoms in total. The molecule has 1 aliphatic heterocycles. The summed E-state index contributed by atoms with van der Waals surface area (Å²) in [7, 11) is 0. The molecule has 4 heteroatoms. The minimum Gasteiger partial charge on any atom is -0.268 e. The van der Waals surface area contributed by atoms with E-state index in [9.17, 15) is 9.59 Å². The molecule has 2 rings (SSSR count). The van der Waals surface area contributed by atoms with Gasteiger partial charge in [0, 0.05) is 22.5 Å². The van der Waals surface area contributed by atoms with Gasteiger partial charge in [0.2, 0.25) is 0 Å². The van der Waals surface area contributed by atoms with Crippen molar-refractivity contribution in [2.75, 3.05) is 5.75 Å². The molecule has 2 amide bonds. The van der Waals surface area contributed by atoms with Crippen LogP contribution in [-0.4, -0.2) is 21.9 Å². The van der Waals surface area contributed by atoms with Crippen LogP contribution in [0.15, 0.2) is 31.4 Å². The Labute approximate surface area is 110 Å². The highest BCUT2D eigenvalue weighted by Crippen LogP contribution is 2.33. The van der Waals surface area contributed by atoms with Crippen LogP contribution in [0.3, 0.4) is 0 Å². The zero-order valence-electron chi connectivity index (χ0n) is 10.1. The summed E-state index contributed by atoms with van der Waals surface area (Å²) in [5.74, 6) is 0.0351. The van der Waals surface area contributed by atoms with Crippen molar-refractivity contribution in [3.05, 3.63) is 48.0 Å². The minimum absolute atomic E-state index is 0.280. The average Bonchev–Trinajstić information content (AvgIpc) is 2.40. The van der Waals surface area contributed by atoms with Crippen molar-refractivity contribution in [1.29, 1.82) is 0 Å². The molecular formula is C14H13NO2S. The van der Waals surface area contributed by atoms with Crippen LogP contribution in [0, 0.1) is 0 Å². The van der Waals surface area contributed by atoms with Gasteiger partial charge in [0.05, 0.1) is 0 Å². The van der Waals surface area contributed by atoms with Crippen LogP contribution in [0.25, 0.3) is 11.6 Å². The fourth-order valence-electron chi connectivity index (χ4n) is 1.93. The standard InChI is InChI=1S/C14H13NO2S/c1-4-10-7-6-8-11-12(10)9(3)13(16)15(14(11)17)18-5-2/h4,6-8H,1,3,5H2,2H3. The minimum atomic E-state index is -0.339. The van der Waals surface area contributed by atoms with Gasteiger partial charge in [0.25, 0.3) is 11.8 Å². The molecule has 0 aliphatic carbocycles. The van der Waals surface area contributed by atoms with Crippen molar-refractivity contribution in [3.8, 4) is 0 Å². The van der Waals surface area contributed by atoms with Gasteiger partial charge in [0.1, 0.15) is 0 Å². The topological polar surface area (TPSA) is 37.4 Å². The summed E-state index contributed by atoms with van der Waals surface area (Å²) in [6.45, 7) is 9.40. The van der Waals surface area contributed by atoms with Crippen LogP contribution >= 0.6 is 11.9 Å². The molecule has 0 spiro atoms. The first-order valence-corrected chi connectivity index (χ1v) is 6.52. The molecule has 1 aliphatic rings. The number of amides is 2. The van der Waals surface area contributed by atoms with E-state index in [1.54, 1.807) is 18.2 Å². The molecule has 1 aromatic rings. The summed E-state index contributed by atoms with van der Waals surface area (Å²) in [6.07, 6.45) is 1.63. The molecule has 0 fully saturated rings. The van der Waals surface area contributed by atoms with Gasteiger partial charge in [-0.25, -0.2) is 4.31 Å². The number of carbonyl (C=O) groups excluding carboxylic acids is 2. The van der Waals surface area contributed by atoms with Crippen molar-refractivity contribution in [1.82, 2.24) is 4.31 Å². The summed E-state index contributed by atoms with van der Waals surface area (Å²) in [5.41, 5.74) is 2.23. The molecule has 0 saturated carbocycles. The Morgan fingerprint density at radius 3 is 2.67 bits per heavy atom. The Bertz CT molecular complexity index is 563. The molecule has 0 bridgehead atoms. The lowest BCUT2D eigenvalue weighted by molar-refractivity contribution is -0.118. The summed E-state index contributed by atoms with van der Waals surface area (Å²) < 4.78 is 1.18. The summed E-state index contributed by atoms with van der Waals surface area (Å²) in [5, 5.41) is 0. The molecule has 1 aromatic carbocycles. The first kappa shape index (κ1) is 12.6. The van der Waals surface area contributed by atoms with Gasteiger partial charge < -0.3 is 0 Å². The molecule has 0 N–H and O–H groups in total. The maximum absolute atomic E-state index is 12.2. The van der Waals surface area contributed by atoms with Crippen LogP contribution < -0.4 is 0 Å². The predicted octanol–water partition coefficient (Wildman–Crippen LogP) is 2.99. The van der Waals surface area contributed by atoms with Crippen molar-refractivity contribution in [2.45, 2.75) is 6.92 Å². The van der Waals surface area contributed by atoms with Gasteiger partial charge >= 0.3 is 0 Å². The summed E-state index contributed by atoms with van der Waals surface area (Å²) >= 11 is 1.20. The normalized spacial score (nSPS) is 14.7. The number of benzene rings is 1. The van der Waals surface area contributed by atoms with E-state index < -0.39 is 0 Å². The number of rotatable bonds is 3. The lowest BCUT2D eigenvalue weighted by Crippen LogP contribution is -2.37. The van der Waals surface area contributed by atoms with Gasteiger partial charge in [-0.3, -0.25) is 9.59 Å². The third-order valence-corrected chi connectivity index (χ3v) is 3.58. The highest BCUT2D eigenvalue weighted by molar-refractivity contribution is 7.98. The van der Waals surface area contributed by atoms with Gasteiger partial charge in [0.15, 0.2) is 0 Å². The predicted molar refractivity (Wildman–Crippen MR) is 74.9 cm³/mol. The van der Waals surface area contributed by atoms with E-state index in [4.69, 9.17) is 0 Å². The number of fused-ring (bicyclic) bond motifs is 1. The Hall–Kier alpha value is -1.81. The second-order valence-electron chi connectivity index (χ2n) is 3.77. The van der Waals surface area contributed by atoms with Crippen molar-refractivity contribution in [3.63, 3.8) is 0 Å². The van der Waals surface area contributed by atoms with E-state index in [0.717, 1.165) is 5.56 Å². The SMILES string of the molecule is C=Cc1cccc2c1C(=C)C(=O)N(SCC)C2=O. The fraction of sp³-hybridized carbons (Fsp3) is 0.143. The zero-order chi connectivity index (χ0) is 13.3. The zero-order valence-corrected chi connectivity index (χ0v) is 10.9. The number of hydrogen-bond donors (Lipinski definition) is 0. The van der Waals surface area contributed by atoms with Crippen molar-refractivity contribution in [2.24, 2.45) is 0 Å². The quantitative estimate of drug-likeness (QED) is 0.476. The van der Waals surface area contributed by atoms with E-state index in [-0.39, 0.29) is 11.8 Å². The molecule has 0 radical (unpaired) electrons. The molecular weight excluding hydrogens is 246 g/mol. The Morgan fingerprint density at radius 1 is 1.33 bits per heavy atom. The Balaban J connectivity index is 2.63. The first-order valence-electron chi connectivity index (χ1n) is 5.58. The van der Waals surface area contributed by atoms with E-state index in [0.29, 0.717) is 22.5 Å². The van der Waals surface area contributed by atoms with Crippen LogP contribution in [0.2, 0.25) is 0 Å². The molecule has 1 heterocycles. The summed E-state index contributed by atoms with van der Waals surface area (Å²) in [4.78, 5) is 24.3. The van der Waals surface area contributed by atoms with Gasteiger partial charge in [-0.1, -0.05) is 38.3 Å².